The fourth-order valence-electron chi connectivity index (χ4n) is 2.86. The molecule has 1 heterocycles. The van der Waals surface area contributed by atoms with Gasteiger partial charge < -0.3 is 9.64 Å². The van der Waals surface area contributed by atoms with Gasteiger partial charge in [-0.2, -0.15) is 0 Å². The summed E-state index contributed by atoms with van der Waals surface area (Å²) >= 11 is 0. The van der Waals surface area contributed by atoms with Crippen LogP contribution in [-0.2, 0) is 11.2 Å². The van der Waals surface area contributed by atoms with Crippen molar-refractivity contribution in [2.75, 3.05) is 7.05 Å². The molecular formula is C18H18N2O4. The number of benzene rings is 2. The molecule has 0 N–H and O–H groups in total. The molecule has 0 radical (unpaired) electrons. The van der Waals surface area contributed by atoms with Gasteiger partial charge in [0.25, 0.3) is 11.6 Å². The van der Waals surface area contributed by atoms with Gasteiger partial charge in [-0.1, -0.05) is 30.3 Å². The lowest BCUT2D eigenvalue weighted by Gasteiger charge is -2.27. The molecule has 1 aliphatic rings. The van der Waals surface area contributed by atoms with Gasteiger partial charge in [0.15, 0.2) is 6.10 Å². The maximum absolute atomic E-state index is 12.7. The maximum Gasteiger partial charge on any atom is 0.269 e. The van der Waals surface area contributed by atoms with E-state index in [1.165, 1.54) is 12.1 Å². The molecule has 0 bridgehead atoms. The molecule has 2 aromatic rings. The monoisotopic (exact) mass is 326 g/mol. The first-order chi connectivity index (χ1) is 11.5. The number of rotatable bonds is 4. The van der Waals surface area contributed by atoms with Gasteiger partial charge in [0.2, 0.25) is 0 Å². The zero-order chi connectivity index (χ0) is 17.3. The summed E-state index contributed by atoms with van der Waals surface area (Å²) in [6.45, 7) is 1.85. The van der Waals surface area contributed by atoms with Crippen LogP contribution in [0.25, 0.3) is 0 Å². The quantitative estimate of drug-likeness (QED) is 0.639. The first-order valence-corrected chi connectivity index (χ1v) is 7.73. The Morgan fingerprint density at radius 3 is 2.75 bits per heavy atom. The minimum atomic E-state index is -0.548. The second kappa shape index (κ2) is 6.31. The Balaban J connectivity index is 1.74. The Morgan fingerprint density at radius 1 is 1.29 bits per heavy atom. The Hall–Kier alpha value is -2.89. The van der Waals surface area contributed by atoms with Crippen LogP contribution in [0.4, 0.5) is 5.69 Å². The van der Waals surface area contributed by atoms with E-state index in [1.54, 1.807) is 24.1 Å². The molecular weight excluding hydrogens is 308 g/mol. The summed E-state index contributed by atoms with van der Waals surface area (Å²) in [5.41, 5.74) is 1.76. The predicted molar refractivity (Wildman–Crippen MR) is 88.8 cm³/mol. The van der Waals surface area contributed by atoms with Crippen molar-refractivity contribution < 1.29 is 14.5 Å². The van der Waals surface area contributed by atoms with E-state index in [0.717, 1.165) is 16.9 Å². The third-order valence-electron chi connectivity index (χ3n) is 4.41. The molecule has 0 aromatic heterocycles. The zero-order valence-electron chi connectivity index (χ0n) is 13.5. The first kappa shape index (κ1) is 16.0. The number of ether oxygens (including phenoxy) is 1. The third kappa shape index (κ3) is 2.95. The molecule has 0 aliphatic carbocycles. The molecule has 0 saturated carbocycles. The summed E-state index contributed by atoms with van der Waals surface area (Å²) in [5, 5.41) is 10.9. The molecule has 0 spiro atoms. The van der Waals surface area contributed by atoms with E-state index in [1.807, 2.05) is 31.2 Å². The molecule has 1 amide bonds. The van der Waals surface area contributed by atoms with E-state index >= 15 is 0 Å². The highest BCUT2D eigenvalue weighted by molar-refractivity contribution is 5.82. The number of fused-ring (bicyclic) bond motifs is 1. The lowest BCUT2D eigenvalue weighted by atomic mass is 10.0. The number of para-hydroxylation sites is 1. The normalized spacial score (nSPS) is 16.8. The number of amides is 1. The molecule has 24 heavy (non-hydrogen) atoms. The van der Waals surface area contributed by atoms with Crippen molar-refractivity contribution in [3.05, 3.63) is 69.8 Å². The lowest BCUT2D eigenvalue weighted by molar-refractivity contribution is -0.384. The van der Waals surface area contributed by atoms with Gasteiger partial charge in [0.05, 0.1) is 11.0 Å². The van der Waals surface area contributed by atoms with Crippen molar-refractivity contribution in [2.45, 2.75) is 25.5 Å². The van der Waals surface area contributed by atoms with Gasteiger partial charge in [0, 0.05) is 25.6 Å². The van der Waals surface area contributed by atoms with E-state index in [2.05, 4.69) is 0 Å². The molecule has 2 atom stereocenters. The molecule has 6 heteroatoms. The van der Waals surface area contributed by atoms with Crippen LogP contribution in [0, 0.1) is 10.1 Å². The van der Waals surface area contributed by atoms with Crippen LogP contribution in [0.3, 0.4) is 0 Å². The second-order valence-electron chi connectivity index (χ2n) is 5.90. The summed E-state index contributed by atoms with van der Waals surface area (Å²) in [6.07, 6.45) is -0.00498. The Labute approximate surface area is 139 Å². The Morgan fingerprint density at radius 2 is 2.04 bits per heavy atom. The van der Waals surface area contributed by atoms with Crippen LogP contribution in [-0.4, -0.2) is 28.9 Å². The van der Waals surface area contributed by atoms with Crippen LogP contribution < -0.4 is 4.74 Å². The average molecular weight is 326 g/mol. The van der Waals surface area contributed by atoms with Crippen molar-refractivity contribution in [1.82, 2.24) is 4.90 Å². The van der Waals surface area contributed by atoms with Crippen molar-refractivity contribution in [2.24, 2.45) is 0 Å². The summed E-state index contributed by atoms with van der Waals surface area (Å²) in [7, 11) is 1.69. The van der Waals surface area contributed by atoms with Crippen molar-refractivity contribution in [1.29, 1.82) is 0 Å². The zero-order valence-corrected chi connectivity index (χ0v) is 13.5. The van der Waals surface area contributed by atoms with E-state index < -0.39 is 11.0 Å². The third-order valence-corrected chi connectivity index (χ3v) is 4.41. The number of likely N-dealkylation sites (N-methyl/N-ethyl adjacent to an activating group) is 1. The van der Waals surface area contributed by atoms with E-state index in [4.69, 9.17) is 4.74 Å². The lowest BCUT2D eigenvalue weighted by Crippen LogP contribution is -2.40. The van der Waals surface area contributed by atoms with Crippen LogP contribution in [0.1, 0.15) is 24.1 Å². The highest BCUT2D eigenvalue weighted by Crippen LogP contribution is 2.30. The number of hydrogen-bond acceptors (Lipinski definition) is 4. The molecule has 2 unspecified atom stereocenters. The minimum Gasteiger partial charge on any atom is -0.480 e. The number of carbonyl (C=O) groups excluding carboxylic acids is 1. The highest BCUT2D eigenvalue weighted by atomic mass is 16.6. The summed E-state index contributed by atoms with van der Waals surface area (Å²) in [5.74, 6) is 0.609. The standard InChI is InChI=1S/C18H18N2O4/c1-12(13-7-5-8-15(10-13)20(22)23)19(2)18(21)17-11-14-6-3-4-9-16(14)24-17/h3-10,12,17H,11H2,1-2H3. The number of nitrogens with zero attached hydrogens (tertiary/aromatic N) is 2. The van der Waals surface area contributed by atoms with Crippen molar-refractivity contribution >= 4 is 11.6 Å². The van der Waals surface area contributed by atoms with E-state index in [9.17, 15) is 14.9 Å². The predicted octanol–water partition coefficient (Wildman–Crippen LogP) is 3.12. The second-order valence-corrected chi connectivity index (χ2v) is 5.90. The SMILES string of the molecule is CC(c1cccc([N+](=O)[O-])c1)N(C)C(=O)C1Cc2ccccc2O1. The fraction of sp³-hybridized carbons (Fsp3) is 0.278. The fourth-order valence-corrected chi connectivity index (χ4v) is 2.86. The highest BCUT2D eigenvalue weighted by Gasteiger charge is 2.33. The molecule has 2 aromatic carbocycles. The Bertz CT molecular complexity index is 765. The first-order valence-electron chi connectivity index (χ1n) is 7.73. The van der Waals surface area contributed by atoms with Gasteiger partial charge >= 0.3 is 0 Å². The summed E-state index contributed by atoms with van der Waals surface area (Å²) < 4.78 is 5.74. The van der Waals surface area contributed by atoms with E-state index in [-0.39, 0.29) is 17.6 Å². The van der Waals surface area contributed by atoms with E-state index in [0.29, 0.717) is 6.42 Å². The average Bonchev–Trinajstić information content (AvgIpc) is 3.04. The molecule has 0 fully saturated rings. The maximum atomic E-state index is 12.7. The smallest absolute Gasteiger partial charge is 0.269 e. The van der Waals surface area contributed by atoms with Gasteiger partial charge in [-0.25, -0.2) is 0 Å². The molecule has 3 rings (SSSR count). The summed E-state index contributed by atoms with van der Waals surface area (Å²) in [6, 6.07) is 13.7. The van der Waals surface area contributed by atoms with Crippen LogP contribution >= 0.6 is 0 Å². The number of hydrogen-bond donors (Lipinski definition) is 0. The van der Waals surface area contributed by atoms with Crippen LogP contribution in [0.15, 0.2) is 48.5 Å². The molecule has 0 saturated heterocycles. The topological polar surface area (TPSA) is 72.7 Å². The number of nitro benzene ring substituents is 1. The largest absolute Gasteiger partial charge is 0.480 e. The number of nitro groups is 1. The molecule has 1 aliphatic heterocycles. The van der Waals surface area contributed by atoms with Gasteiger partial charge in [-0.3, -0.25) is 14.9 Å². The van der Waals surface area contributed by atoms with Gasteiger partial charge in [-0.05, 0) is 24.1 Å². The molecule has 6 nitrogen and oxygen atoms in total. The van der Waals surface area contributed by atoms with Crippen molar-refractivity contribution in [3.63, 3.8) is 0 Å². The van der Waals surface area contributed by atoms with Crippen LogP contribution in [0.2, 0.25) is 0 Å². The van der Waals surface area contributed by atoms with Crippen molar-refractivity contribution in [3.8, 4) is 5.75 Å². The number of carbonyl (C=O) groups is 1. The molecule has 124 valence electrons. The summed E-state index contributed by atoms with van der Waals surface area (Å²) in [4.78, 5) is 24.8. The van der Waals surface area contributed by atoms with Gasteiger partial charge in [0.1, 0.15) is 5.75 Å². The number of non-ortho nitro benzene ring substituents is 1. The minimum absolute atomic E-state index is 0.0183. The van der Waals surface area contributed by atoms with Gasteiger partial charge in [-0.15, -0.1) is 0 Å². The Kier molecular flexibility index (Phi) is 4.20. The van der Waals surface area contributed by atoms with Crippen LogP contribution in [0.5, 0.6) is 5.75 Å².